The zero-order valence-electron chi connectivity index (χ0n) is 17.6. The Morgan fingerprint density at radius 1 is 1.21 bits per heavy atom. The van der Waals surface area contributed by atoms with Crippen LogP contribution in [0.1, 0.15) is 24.5 Å². The van der Waals surface area contributed by atoms with Crippen LogP contribution in [-0.2, 0) is 20.0 Å². The molecule has 0 spiro atoms. The fourth-order valence-corrected chi connectivity index (χ4v) is 4.50. The highest BCUT2D eigenvalue weighted by molar-refractivity contribution is 8.00. The van der Waals surface area contributed by atoms with E-state index in [1.54, 1.807) is 6.92 Å². The lowest BCUT2D eigenvalue weighted by molar-refractivity contribution is -0.275. The number of methoxy groups -OCH3 is 1. The molecule has 184 valence electrons. The van der Waals surface area contributed by atoms with Gasteiger partial charge >= 0.3 is 6.18 Å². The van der Waals surface area contributed by atoms with E-state index in [2.05, 4.69) is 10.5 Å². The predicted molar refractivity (Wildman–Crippen MR) is 130 cm³/mol. The molecule has 1 heterocycles. The Morgan fingerprint density at radius 3 is 2.41 bits per heavy atom. The second-order valence-corrected chi connectivity index (χ2v) is 10.2. The number of nitrogens with one attached hydrogen (secondary N) is 1. The summed E-state index contributed by atoms with van der Waals surface area (Å²) in [5, 5.41) is 5.73. The minimum Gasteiger partial charge on any atom is -0.374 e. The molecule has 13 heteroatoms. The molecule has 1 aliphatic rings. The summed E-state index contributed by atoms with van der Waals surface area (Å²) in [6.07, 6.45) is -5.51. The SMILES string of the molecule is COCSC(C)C(=O)Nc1ccc(C2=NOC(c3cc(Cl)c(Cl)c(Cl)c3)(C(F)(F)F)C2)cc1Cl. The fraction of sp³-hybridized carbons (Fsp3) is 0.333. The van der Waals surface area contributed by atoms with Crippen LogP contribution in [0.25, 0.3) is 0 Å². The van der Waals surface area contributed by atoms with Crippen molar-refractivity contribution in [2.45, 2.75) is 30.4 Å². The van der Waals surface area contributed by atoms with Gasteiger partial charge in [-0.3, -0.25) is 4.79 Å². The molecule has 34 heavy (non-hydrogen) atoms. The van der Waals surface area contributed by atoms with Gasteiger partial charge in [0.2, 0.25) is 5.91 Å². The predicted octanol–water partition coefficient (Wildman–Crippen LogP) is 7.55. The molecule has 5 nitrogen and oxygen atoms in total. The number of hydrogen-bond acceptors (Lipinski definition) is 5. The highest BCUT2D eigenvalue weighted by atomic mass is 35.5. The first-order valence-electron chi connectivity index (χ1n) is 9.57. The first-order chi connectivity index (χ1) is 15.9. The molecule has 1 amide bonds. The monoisotopic (exact) mass is 574 g/mol. The van der Waals surface area contributed by atoms with E-state index in [9.17, 15) is 18.0 Å². The molecule has 0 aromatic heterocycles. The number of amides is 1. The van der Waals surface area contributed by atoms with E-state index >= 15 is 0 Å². The van der Waals surface area contributed by atoms with Crippen LogP contribution in [0, 0.1) is 0 Å². The summed E-state index contributed by atoms with van der Waals surface area (Å²) in [6, 6.07) is 6.48. The lowest BCUT2D eigenvalue weighted by Crippen LogP contribution is -2.42. The average Bonchev–Trinajstić information content (AvgIpc) is 3.23. The molecule has 0 radical (unpaired) electrons. The Bertz CT molecular complexity index is 1110. The largest absolute Gasteiger partial charge is 0.435 e. The number of hydrogen-bond donors (Lipinski definition) is 1. The second-order valence-electron chi connectivity index (χ2n) is 7.28. The number of carbonyl (C=O) groups excluding carboxylic acids is 1. The van der Waals surface area contributed by atoms with Gasteiger partial charge in [0, 0.05) is 24.7 Å². The summed E-state index contributed by atoms with van der Waals surface area (Å²) >= 11 is 25.4. The lowest BCUT2D eigenvalue weighted by Gasteiger charge is -2.30. The maximum Gasteiger partial charge on any atom is 0.435 e. The van der Waals surface area contributed by atoms with Crippen LogP contribution in [0.15, 0.2) is 35.5 Å². The number of carbonyl (C=O) groups is 1. The van der Waals surface area contributed by atoms with Crippen LogP contribution < -0.4 is 5.32 Å². The Hall–Kier alpha value is -1.36. The molecule has 2 unspecified atom stereocenters. The van der Waals surface area contributed by atoms with Crippen molar-refractivity contribution in [2.75, 3.05) is 18.4 Å². The van der Waals surface area contributed by atoms with Gasteiger partial charge in [-0.05, 0) is 31.2 Å². The number of ether oxygens (including phenoxy) is 1. The van der Waals surface area contributed by atoms with Crippen LogP contribution in [0.4, 0.5) is 18.9 Å². The second kappa shape index (κ2) is 10.7. The van der Waals surface area contributed by atoms with E-state index in [4.69, 9.17) is 56.0 Å². The molecule has 3 rings (SSSR count). The molecule has 1 N–H and O–H groups in total. The van der Waals surface area contributed by atoms with Gasteiger partial charge < -0.3 is 14.9 Å². The molecule has 2 aromatic carbocycles. The minimum absolute atomic E-state index is 0.00307. The summed E-state index contributed by atoms with van der Waals surface area (Å²) in [4.78, 5) is 17.3. The molecule has 0 saturated heterocycles. The third-order valence-corrected chi connectivity index (χ3v) is 7.60. The zero-order valence-corrected chi connectivity index (χ0v) is 21.4. The van der Waals surface area contributed by atoms with Crippen molar-refractivity contribution < 1.29 is 27.5 Å². The normalized spacial score (nSPS) is 18.9. The first kappa shape index (κ1) is 27.2. The smallest absolute Gasteiger partial charge is 0.374 e. The summed E-state index contributed by atoms with van der Waals surface area (Å²) in [5.41, 5.74) is -2.55. The van der Waals surface area contributed by atoms with Gasteiger partial charge in [-0.15, -0.1) is 11.8 Å². The minimum atomic E-state index is -4.85. The number of nitrogens with zero attached hydrogens (tertiary/aromatic N) is 1. The average molecular weight is 576 g/mol. The van der Waals surface area contributed by atoms with Crippen LogP contribution in [0.2, 0.25) is 20.1 Å². The highest BCUT2D eigenvalue weighted by Gasteiger charge is 2.62. The molecular weight excluding hydrogens is 559 g/mol. The highest BCUT2D eigenvalue weighted by Crippen LogP contribution is 2.50. The van der Waals surface area contributed by atoms with Gasteiger partial charge in [0.15, 0.2) is 0 Å². The van der Waals surface area contributed by atoms with E-state index in [1.165, 1.54) is 37.1 Å². The van der Waals surface area contributed by atoms with Crippen LogP contribution in [0.5, 0.6) is 0 Å². The summed E-state index contributed by atoms with van der Waals surface area (Å²) in [6.45, 7) is 1.71. The Labute approximate surface area is 217 Å². The van der Waals surface area contributed by atoms with Gasteiger partial charge in [-0.1, -0.05) is 57.6 Å². The molecule has 0 fully saturated rings. The zero-order chi connectivity index (χ0) is 25.3. The molecule has 0 saturated carbocycles. The summed E-state index contributed by atoms with van der Waals surface area (Å²) in [5.74, 6) is 0.0392. The van der Waals surface area contributed by atoms with Crippen molar-refractivity contribution in [3.8, 4) is 0 Å². The number of halogens is 7. The van der Waals surface area contributed by atoms with Crippen molar-refractivity contribution in [3.05, 3.63) is 61.5 Å². The van der Waals surface area contributed by atoms with Crippen molar-refractivity contribution in [1.82, 2.24) is 0 Å². The number of anilines is 1. The van der Waals surface area contributed by atoms with Crippen molar-refractivity contribution in [1.29, 1.82) is 0 Å². The Kier molecular flexibility index (Phi) is 8.59. The Morgan fingerprint density at radius 2 is 1.85 bits per heavy atom. The van der Waals surface area contributed by atoms with Gasteiger partial charge in [0.25, 0.3) is 5.60 Å². The third kappa shape index (κ3) is 5.55. The van der Waals surface area contributed by atoms with E-state index < -0.39 is 23.4 Å². The number of rotatable bonds is 7. The quantitative estimate of drug-likeness (QED) is 0.273. The van der Waals surface area contributed by atoms with E-state index in [0.29, 0.717) is 17.2 Å². The fourth-order valence-electron chi connectivity index (χ4n) is 3.12. The number of thioether (sulfide) groups is 1. The van der Waals surface area contributed by atoms with E-state index in [-0.39, 0.29) is 37.3 Å². The van der Waals surface area contributed by atoms with E-state index in [1.807, 2.05) is 0 Å². The number of benzene rings is 2. The molecular formula is C21H17Cl4F3N2O3S. The maximum absolute atomic E-state index is 14.2. The van der Waals surface area contributed by atoms with Crippen LogP contribution in [-0.4, -0.2) is 36.1 Å². The van der Waals surface area contributed by atoms with Crippen molar-refractivity contribution >= 4 is 75.5 Å². The van der Waals surface area contributed by atoms with Gasteiger partial charge in [-0.2, -0.15) is 13.2 Å². The number of alkyl halides is 3. The van der Waals surface area contributed by atoms with Crippen molar-refractivity contribution in [3.63, 3.8) is 0 Å². The van der Waals surface area contributed by atoms with Gasteiger partial charge in [0.1, 0.15) is 0 Å². The van der Waals surface area contributed by atoms with Crippen LogP contribution in [0.3, 0.4) is 0 Å². The molecule has 1 aliphatic heterocycles. The number of oxime groups is 1. The summed E-state index contributed by atoms with van der Waals surface area (Å²) in [7, 11) is 1.52. The van der Waals surface area contributed by atoms with Crippen LogP contribution >= 0.6 is 58.2 Å². The molecule has 0 aliphatic carbocycles. The first-order valence-corrected chi connectivity index (χ1v) is 12.1. The Balaban J connectivity index is 1.85. The third-order valence-electron chi connectivity index (χ3n) is 5.00. The standard InChI is InChI=1S/C21H17Cl4F3N2O3S/c1-10(34-9-32-2)19(31)29-16-4-3-11(5-13(16)22)17-8-20(33-30-17,21(26,27)28)12-6-14(23)18(25)15(24)7-12/h3-7,10H,8-9H2,1-2H3,(H,29,31). The van der Waals surface area contributed by atoms with Gasteiger partial charge in [-0.25, -0.2) is 0 Å². The molecule has 2 atom stereocenters. The van der Waals surface area contributed by atoms with Crippen molar-refractivity contribution in [2.24, 2.45) is 5.16 Å². The topological polar surface area (TPSA) is 59.9 Å². The molecule has 0 bridgehead atoms. The van der Waals surface area contributed by atoms with E-state index in [0.717, 1.165) is 12.1 Å². The lowest BCUT2D eigenvalue weighted by atomic mass is 9.86. The molecule has 2 aromatic rings. The maximum atomic E-state index is 14.2. The summed E-state index contributed by atoms with van der Waals surface area (Å²) < 4.78 is 47.5. The van der Waals surface area contributed by atoms with Gasteiger partial charge in [0.05, 0.1) is 42.7 Å².